The molecule has 1 heterocycles. The molecule has 24 heavy (non-hydrogen) atoms. The fourth-order valence-corrected chi connectivity index (χ4v) is 2.63. The van der Waals surface area contributed by atoms with Crippen LogP contribution in [-0.2, 0) is 6.42 Å². The summed E-state index contributed by atoms with van der Waals surface area (Å²) in [5.74, 6) is -0.822. The van der Waals surface area contributed by atoms with Gasteiger partial charge in [0.2, 0.25) is 0 Å². The van der Waals surface area contributed by atoms with E-state index in [1.54, 1.807) is 30.6 Å². The first-order valence-electron chi connectivity index (χ1n) is 7.79. The molecule has 0 spiro atoms. The zero-order valence-electron chi connectivity index (χ0n) is 13.6. The van der Waals surface area contributed by atoms with Gasteiger partial charge in [-0.2, -0.15) is 5.10 Å². The van der Waals surface area contributed by atoms with Gasteiger partial charge >= 0.3 is 0 Å². The molecule has 0 aliphatic heterocycles. The Bertz CT molecular complexity index is 872. The number of para-hydroxylation sites is 1. The normalized spacial score (nSPS) is 10.6. The van der Waals surface area contributed by atoms with Crippen LogP contribution in [0.15, 0.2) is 54.9 Å². The summed E-state index contributed by atoms with van der Waals surface area (Å²) in [5.41, 5.74) is 3.41. The van der Waals surface area contributed by atoms with E-state index in [-0.39, 0.29) is 11.5 Å². The highest BCUT2D eigenvalue weighted by atomic mass is 19.1. The van der Waals surface area contributed by atoms with Crippen LogP contribution in [0.4, 0.5) is 10.1 Å². The lowest BCUT2D eigenvalue weighted by atomic mass is 10.1. The number of halogens is 1. The molecule has 0 atom stereocenters. The molecule has 5 heteroatoms. The van der Waals surface area contributed by atoms with Crippen molar-refractivity contribution >= 4 is 11.6 Å². The van der Waals surface area contributed by atoms with Gasteiger partial charge in [0.05, 0.1) is 0 Å². The number of hydrogen-bond donors (Lipinski definition) is 1. The fourth-order valence-electron chi connectivity index (χ4n) is 2.63. The average molecular weight is 323 g/mol. The first-order chi connectivity index (χ1) is 11.6. The Labute approximate surface area is 139 Å². The van der Waals surface area contributed by atoms with Crippen molar-refractivity contribution in [3.05, 3.63) is 77.4 Å². The van der Waals surface area contributed by atoms with E-state index in [1.807, 2.05) is 32.0 Å². The smallest absolute Gasteiger partial charge is 0.255 e. The van der Waals surface area contributed by atoms with Crippen molar-refractivity contribution in [3.8, 4) is 5.69 Å². The highest BCUT2D eigenvalue weighted by molar-refractivity contribution is 6.05. The maximum atomic E-state index is 14.3. The molecular formula is C19H18FN3O. The van der Waals surface area contributed by atoms with Crippen LogP contribution in [0.2, 0.25) is 0 Å². The van der Waals surface area contributed by atoms with E-state index in [1.165, 1.54) is 10.7 Å². The lowest BCUT2D eigenvalue weighted by Gasteiger charge is -2.13. The monoisotopic (exact) mass is 323 g/mol. The lowest BCUT2D eigenvalue weighted by molar-refractivity contribution is 0.102. The molecule has 0 saturated heterocycles. The topological polar surface area (TPSA) is 46.9 Å². The average Bonchev–Trinajstić information content (AvgIpc) is 3.10. The van der Waals surface area contributed by atoms with Crippen molar-refractivity contribution in [2.75, 3.05) is 5.32 Å². The van der Waals surface area contributed by atoms with Crippen molar-refractivity contribution in [1.82, 2.24) is 9.78 Å². The number of nitrogens with zero attached hydrogens (tertiary/aromatic N) is 2. The first-order valence-corrected chi connectivity index (χ1v) is 7.79. The van der Waals surface area contributed by atoms with Crippen molar-refractivity contribution in [2.24, 2.45) is 0 Å². The van der Waals surface area contributed by atoms with Gasteiger partial charge in [-0.15, -0.1) is 0 Å². The molecule has 0 unspecified atom stereocenters. The summed E-state index contributed by atoms with van der Waals surface area (Å²) < 4.78 is 15.7. The van der Waals surface area contributed by atoms with Gasteiger partial charge in [-0.05, 0) is 48.7 Å². The summed E-state index contributed by atoms with van der Waals surface area (Å²) in [6.45, 7) is 3.97. The number of nitrogens with one attached hydrogen (secondary N) is 1. The summed E-state index contributed by atoms with van der Waals surface area (Å²) >= 11 is 0. The minimum Gasteiger partial charge on any atom is -0.321 e. The van der Waals surface area contributed by atoms with Crippen LogP contribution in [0.25, 0.3) is 5.69 Å². The summed E-state index contributed by atoms with van der Waals surface area (Å²) in [7, 11) is 0. The Morgan fingerprint density at radius 1 is 1.25 bits per heavy atom. The summed E-state index contributed by atoms with van der Waals surface area (Å²) in [4.78, 5) is 12.5. The van der Waals surface area contributed by atoms with Crippen LogP contribution in [0.3, 0.4) is 0 Å². The molecule has 0 aliphatic rings. The van der Waals surface area contributed by atoms with Crippen LogP contribution in [-0.4, -0.2) is 15.7 Å². The number of carbonyl (C=O) groups excluding carboxylic acids is 1. The second-order valence-electron chi connectivity index (χ2n) is 5.53. The summed E-state index contributed by atoms with van der Waals surface area (Å²) in [6.07, 6.45) is 4.04. The number of aryl methyl sites for hydroxylation is 2. The molecule has 122 valence electrons. The maximum absolute atomic E-state index is 14.3. The number of hydrogen-bond acceptors (Lipinski definition) is 2. The van der Waals surface area contributed by atoms with Gasteiger partial charge in [-0.25, -0.2) is 9.07 Å². The zero-order chi connectivity index (χ0) is 17.1. The quantitative estimate of drug-likeness (QED) is 0.784. The van der Waals surface area contributed by atoms with Crippen LogP contribution in [0.1, 0.15) is 28.4 Å². The van der Waals surface area contributed by atoms with Gasteiger partial charge in [-0.3, -0.25) is 4.79 Å². The SMILES string of the molecule is CCc1cccc(C)c1NC(=O)c1ccc(-n2cccn2)c(F)c1. The number of rotatable bonds is 4. The van der Waals surface area contributed by atoms with Gasteiger partial charge in [0.1, 0.15) is 11.5 Å². The van der Waals surface area contributed by atoms with Gasteiger partial charge < -0.3 is 5.32 Å². The van der Waals surface area contributed by atoms with Gasteiger partial charge in [0, 0.05) is 23.6 Å². The van der Waals surface area contributed by atoms with E-state index in [9.17, 15) is 9.18 Å². The van der Waals surface area contributed by atoms with Crippen LogP contribution in [0, 0.1) is 12.7 Å². The number of carbonyl (C=O) groups is 1. The Morgan fingerprint density at radius 2 is 2.08 bits per heavy atom. The van der Waals surface area contributed by atoms with Crippen molar-refractivity contribution in [1.29, 1.82) is 0 Å². The molecule has 1 aromatic heterocycles. The van der Waals surface area contributed by atoms with Gasteiger partial charge in [0.25, 0.3) is 5.91 Å². The van der Waals surface area contributed by atoms with E-state index >= 15 is 0 Å². The molecule has 3 aromatic rings. The second-order valence-corrected chi connectivity index (χ2v) is 5.53. The van der Waals surface area contributed by atoms with E-state index < -0.39 is 5.82 Å². The fraction of sp³-hybridized carbons (Fsp3) is 0.158. The molecule has 0 saturated carbocycles. The van der Waals surface area contributed by atoms with E-state index in [0.717, 1.165) is 23.2 Å². The van der Waals surface area contributed by atoms with Crippen molar-refractivity contribution < 1.29 is 9.18 Å². The van der Waals surface area contributed by atoms with Crippen molar-refractivity contribution in [2.45, 2.75) is 20.3 Å². The molecule has 1 amide bonds. The van der Waals surface area contributed by atoms with Crippen LogP contribution in [0.5, 0.6) is 0 Å². The molecule has 3 rings (SSSR count). The molecule has 2 aromatic carbocycles. The Kier molecular flexibility index (Phi) is 4.42. The molecule has 0 bridgehead atoms. The predicted octanol–water partition coefficient (Wildman–Crippen LogP) is 4.13. The summed E-state index contributed by atoms with van der Waals surface area (Å²) in [6, 6.07) is 12.0. The molecule has 0 fully saturated rings. The van der Waals surface area contributed by atoms with E-state index in [4.69, 9.17) is 0 Å². The van der Waals surface area contributed by atoms with Gasteiger partial charge in [0.15, 0.2) is 0 Å². The molecule has 1 N–H and O–H groups in total. The van der Waals surface area contributed by atoms with Crippen LogP contribution < -0.4 is 5.32 Å². The number of aromatic nitrogens is 2. The lowest BCUT2D eigenvalue weighted by Crippen LogP contribution is -2.15. The molecule has 0 aliphatic carbocycles. The third-order valence-electron chi connectivity index (χ3n) is 3.94. The Morgan fingerprint density at radius 3 is 2.75 bits per heavy atom. The number of anilines is 1. The Balaban J connectivity index is 1.88. The molecule has 4 nitrogen and oxygen atoms in total. The largest absolute Gasteiger partial charge is 0.321 e. The number of amides is 1. The third-order valence-corrected chi connectivity index (χ3v) is 3.94. The number of benzene rings is 2. The maximum Gasteiger partial charge on any atom is 0.255 e. The van der Waals surface area contributed by atoms with E-state index in [2.05, 4.69) is 10.4 Å². The zero-order valence-corrected chi connectivity index (χ0v) is 13.6. The highest BCUT2D eigenvalue weighted by Crippen LogP contribution is 2.22. The van der Waals surface area contributed by atoms with Gasteiger partial charge in [-0.1, -0.05) is 25.1 Å². The highest BCUT2D eigenvalue weighted by Gasteiger charge is 2.13. The minimum atomic E-state index is -0.494. The Hall–Kier alpha value is -2.95. The third kappa shape index (κ3) is 3.06. The second kappa shape index (κ2) is 6.66. The predicted molar refractivity (Wildman–Crippen MR) is 92.0 cm³/mol. The first kappa shape index (κ1) is 15.9. The minimum absolute atomic E-state index is 0.272. The van der Waals surface area contributed by atoms with Crippen LogP contribution >= 0.6 is 0 Å². The molecular weight excluding hydrogens is 305 g/mol. The van der Waals surface area contributed by atoms with Crippen molar-refractivity contribution in [3.63, 3.8) is 0 Å². The molecule has 0 radical (unpaired) electrons. The standard InChI is InChI=1S/C19H18FN3O/c1-3-14-7-4-6-13(2)18(14)22-19(24)15-8-9-17(16(20)12-15)23-11-5-10-21-23/h4-12H,3H2,1-2H3,(H,22,24). The summed E-state index contributed by atoms with van der Waals surface area (Å²) in [5, 5.41) is 6.90. The van der Waals surface area contributed by atoms with E-state index in [0.29, 0.717) is 5.69 Å².